The molecular weight excluding hydrogens is 280 g/mol. The van der Waals surface area contributed by atoms with Crippen molar-refractivity contribution in [1.82, 2.24) is 20.2 Å². The second-order valence-electron chi connectivity index (χ2n) is 6.69. The molecule has 118 valence electrons. The average Bonchev–Trinajstić information content (AvgIpc) is 3.20. The van der Waals surface area contributed by atoms with Crippen LogP contribution in [-0.4, -0.2) is 45.8 Å². The van der Waals surface area contributed by atoms with E-state index in [-0.39, 0.29) is 17.7 Å². The third-order valence-electron chi connectivity index (χ3n) is 5.21. The summed E-state index contributed by atoms with van der Waals surface area (Å²) in [5, 5.41) is 2.87. The molecule has 3 aliphatic rings. The number of aromatic nitrogens is 2. The molecule has 1 saturated heterocycles. The van der Waals surface area contributed by atoms with Gasteiger partial charge >= 0.3 is 0 Å². The Morgan fingerprint density at radius 1 is 1.14 bits per heavy atom. The molecule has 1 saturated carbocycles. The predicted molar refractivity (Wildman–Crippen MR) is 80.6 cm³/mol. The summed E-state index contributed by atoms with van der Waals surface area (Å²) in [5.41, 5.74) is 1.45. The molecule has 2 aliphatic heterocycles. The third kappa shape index (κ3) is 2.30. The number of nitrogens with zero attached hydrogens (tertiary/aromatic N) is 2. The quantitative estimate of drug-likeness (QED) is 0.865. The zero-order chi connectivity index (χ0) is 15.1. The van der Waals surface area contributed by atoms with Gasteiger partial charge in [-0.25, -0.2) is 4.98 Å². The van der Waals surface area contributed by atoms with Gasteiger partial charge in [0.1, 0.15) is 11.5 Å². The number of aryl methyl sites for hydroxylation is 1. The predicted octanol–water partition coefficient (Wildman–Crippen LogP) is 1.34. The van der Waals surface area contributed by atoms with Crippen LogP contribution in [0.4, 0.5) is 0 Å². The monoisotopic (exact) mass is 302 g/mol. The van der Waals surface area contributed by atoms with Gasteiger partial charge in [-0.2, -0.15) is 0 Å². The fraction of sp³-hybridized carbons (Fsp3) is 0.688. The van der Waals surface area contributed by atoms with E-state index in [0.717, 1.165) is 43.7 Å². The number of fused-ring (bicyclic) bond motifs is 1. The molecule has 3 heterocycles. The molecule has 4 rings (SSSR count). The van der Waals surface area contributed by atoms with Crippen molar-refractivity contribution in [2.45, 2.75) is 56.9 Å². The van der Waals surface area contributed by atoms with Crippen LogP contribution in [-0.2, 0) is 11.2 Å². The van der Waals surface area contributed by atoms with Gasteiger partial charge in [0.05, 0.1) is 0 Å². The maximum absolute atomic E-state index is 12.3. The summed E-state index contributed by atoms with van der Waals surface area (Å²) < 4.78 is 0. The summed E-state index contributed by atoms with van der Waals surface area (Å²) in [4.78, 5) is 34.2. The lowest BCUT2D eigenvalue weighted by atomic mass is 10.1. The molecule has 1 aromatic rings. The number of aromatic amines is 1. The van der Waals surface area contributed by atoms with E-state index in [1.54, 1.807) is 0 Å². The SMILES string of the molecule is O=C1NCCCc2[nH]c([C@H]3CC(=O)N(C4CCCC4)C3)nc21. The Morgan fingerprint density at radius 2 is 1.95 bits per heavy atom. The first kappa shape index (κ1) is 13.8. The summed E-state index contributed by atoms with van der Waals surface area (Å²) in [6, 6.07) is 0.425. The molecule has 0 aromatic carbocycles. The summed E-state index contributed by atoms with van der Waals surface area (Å²) in [6.07, 6.45) is 7.02. The van der Waals surface area contributed by atoms with E-state index in [1.165, 1.54) is 12.8 Å². The first-order valence-corrected chi connectivity index (χ1v) is 8.39. The van der Waals surface area contributed by atoms with Crippen molar-refractivity contribution < 1.29 is 9.59 Å². The normalized spacial score (nSPS) is 26.2. The highest BCUT2D eigenvalue weighted by atomic mass is 16.2. The lowest BCUT2D eigenvalue weighted by Crippen LogP contribution is -2.34. The minimum Gasteiger partial charge on any atom is -0.351 e. The highest BCUT2D eigenvalue weighted by molar-refractivity contribution is 5.93. The van der Waals surface area contributed by atoms with Gasteiger partial charge in [0.15, 0.2) is 0 Å². The van der Waals surface area contributed by atoms with Crippen molar-refractivity contribution in [1.29, 1.82) is 0 Å². The van der Waals surface area contributed by atoms with E-state index in [4.69, 9.17) is 0 Å². The maximum atomic E-state index is 12.3. The highest BCUT2D eigenvalue weighted by Gasteiger charge is 2.38. The Kier molecular flexibility index (Phi) is 3.39. The molecule has 0 unspecified atom stereocenters. The van der Waals surface area contributed by atoms with E-state index in [0.29, 0.717) is 24.7 Å². The summed E-state index contributed by atoms with van der Waals surface area (Å²) in [7, 11) is 0. The number of H-pyrrole nitrogens is 1. The lowest BCUT2D eigenvalue weighted by molar-refractivity contribution is -0.129. The van der Waals surface area contributed by atoms with E-state index in [2.05, 4.69) is 15.3 Å². The fourth-order valence-corrected chi connectivity index (χ4v) is 4.03. The molecule has 0 radical (unpaired) electrons. The molecule has 6 nitrogen and oxygen atoms in total. The molecule has 1 aliphatic carbocycles. The summed E-state index contributed by atoms with van der Waals surface area (Å²) in [6.45, 7) is 1.45. The number of hydrogen-bond acceptors (Lipinski definition) is 3. The minimum absolute atomic E-state index is 0.0908. The van der Waals surface area contributed by atoms with Crippen molar-refractivity contribution in [2.75, 3.05) is 13.1 Å². The van der Waals surface area contributed by atoms with E-state index in [1.807, 2.05) is 4.90 Å². The van der Waals surface area contributed by atoms with Gasteiger partial charge in [0, 0.05) is 37.2 Å². The van der Waals surface area contributed by atoms with Crippen LogP contribution < -0.4 is 5.32 Å². The van der Waals surface area contributed by atoms with Crippen molar-refractivity contribution in [3.05, 3.63) is 17.2 Å². The van der Waals surface area contributed by atoms with E-state index in [9.17, 15) is 9.59 Å². The molecule has 2 fully saturated rings. The van der Waals surface area contributed by atoms with Gasteiger partial charge in [0.25, 0.3) is 5.91 Å². The van der Waals surface area contributed by atoms with Gasteiger partial charge in [0.2, 0.25) is 5.91 Å². The number of likely N-dealkylation sites (tertiary alicyclic amines) is 1. The second kappa shape index (κ2) is 5.41. The minimum atomic E-state index is -0.0908. The first-order chi connectivity index (χ1) is 10.7. The second-order valence-corrected chi connectivity index (χ2v) is 6.69. The Balaban J connectivity index is 1.54. The number of amides is 2. The van der Waals surface area contributed by atoms with Gasteiger partial charge in [-0.1, -0.05) is 12.8 Å². The molecule has 1 aromatic heterocycles. The molecule has 2 amide bonds. The summed E-state index contributed by atoms with van der Waals surface area (Å²) in [5.74, 6) is 1.07. The van der Waals surface area contributed by atoms with Crippen LogP contribution in [0.5, 0.6) is 0 Å². The number of nitrogens with one attached hydrogen (secondary N) is 2. The maximum Gasteiger partial charge on any atom is 0.271 e. The molecule has 6 heteroatoms. The van der Waals surface area contributed by atoms with Crippen LogP contribution in [0, 0.1) is 0 Å². The van der Waals surface area contributed by atoms with Crippen LogP contribution >= 0.6 is 0 Å². The van der Waals surface area contributed by atoms with Crippen molar-refractivity contribution in [3.63, 3.8) is 0 Å². The average molecular weight is 302 g/mol. The van der Waals surface area contributed by atoms with Gasteiger partial charge < -0.3 is 15.2 Å². The molecule has 0 bridgehead atoms. The fourth-order valence-electron chi connectivity index (χ4n) is 4.03. The van der Waals surface area contributed by atoms with Crippen LogP contribution in [0.1, 0.15) is 66.4 Å². The topological polar surface area (TPSA) is 78.1 Å². The Hall–Kier alpha value is -1.85. The van der Waals surface area contributed by atoms with Crippen LogP contribution in [0.15, 0.2) is 0 Å². The number of carbonyl (C=O) groups excluding carboxylic acids is 2. The third-order valence-corrected chi connectivity index (χ3v) is 5.21. The van der Waals surface area contributed by atoms with Gasteiger partial charge in [-0.15, -0.1) is 0 Å². The number of hydrogen-bond donors (Lipinski definition) is 2. The first-order valence-electron chi connectivity index (χ1n) is 8.39. The van der Waals surface area contributed by atoms with E-state index < -0.39 is 0 Å². The zero-order valence-corrected chi connectivity index (χ0v) is 12.7. The molecule has 1 atom stereocenters. The van der Waals surface area contributed by atoms with Crippen molar-refractivity contribution in [2.24, 2.45) is 0 Å². The standard InChI is InChI=1S/C16H22N4O2/c21-13-8-10(9-20(13)11-4-1-2-5-11)15-18-12-6-3-7-17-16(22)14(12)19-15/h10-11H,1-9H2,(H,17,22)(H,18,19)/t10-/m0/s1. The lowest BCUT2D eigenvalue weighted by Gasteiger charge is -2.23. The Bertz CT molecular complexity index is 603. The van der Waals surface area contributed by atoms with Crippen LogP contribution in [0.25, 0.3) is 0 Å². The van der Waals surface area contributed by atoms with Crippen LogP contribution in [0.2, 0.25) is 0 Å². The zero-order valence-electron chi connectivity index (χ0n) is 12.7. The molecule has 2 N–H and O–H groups in total. The van der Waals surface area contributed by atoms with Gasteiger partial charge in [-0.05, 0) is 25.7 Å². The Morgan fingerprint density at radius 3 is 2.77 bits per heavy atom. The number of carbonyl (C=O) groups is 2. The van der Waals surface area contributed by atoms with Gasteiger partial charge in [-0.3, -0.25) is 9.59 Å². The number of imidazole rings is 1. The largest absolute Gasteiger partial charge is 0.351 e. The van der Waals surface area contributed by atoms with E-state index >= 15 is 0 Å². The van der Waals surface area contributed by atoms with Crippen molar-refractivity contribution in [3.8, 4) is 0 Å². The Labute approximate surface area is 129 Å². The highest BCUT2D eigenvalue weighted by Crippen LogP contribution is 2.33. The van der Waals surface area contributed by atoms with Crippen LogP contribution in [0.3, 0.4) is 0 Å². The smallest absolute Gasteiger partial charge is 0.271 e. The molecule has 22 heavy (non-hydrogen) atoms. The summed E-state index contributed by atoms with van der Waals surface area (Å²) >= 11 is 0. The number of rotatable bonds is 2. The molecule has 0 spiro atoms. The molecular formula is C16H22N4O2. The van der Waals surface area contributed by atoms with Crippen molar-refractivity contribution >= 4 is 11.8 Å².